The molecule has 0 unspecified atom stereocenters. The Morgan fingerprint density at radius 1 is 1.12 bits per heavy atom. The Morgan fingerprint density at radius 3 is 2.41 bits per heavy atom. The first-order chi connectivity index (χ1) is 15.3. The number of amides is 1. The van der Waals surface area contributed by atoms with Gasteiger partial charge < -0.3 is 10.1 Å². The molecule has 0 saturated heterocycles. The highest BCUT2D eigenvalue weighted by molar-refractivity contribution is 7.17. The minimum absolute atomic E-state index is 0.182. The Bertz CT molecular complexity index is 1250. The number of ether oxygens (including phenoxy) is 1. The van der Waals surface area contributed by atoms with Crippen molar-refractivity contribution >= 4 is 22.2 Å². The maximum Gasteiger partial charge on any atom is 0.416 e. The average Bonchev–Trinajstić information content (AvgIpc) is 3.32. The molecule has 2 aromatic heterocycles. The van der Waals surface area contributed by atoms with Gasteiger partial charge in [0.1, 0.15) is 5.75 Å². The lowest BCUT2D eigenvalue weighted by Gasteiger charge is -2.08. The van der Waals surface area contributed by atoms with Gasteiger partial charge in [0, 0.05) is 29.0 Å². The van der Waals surface area contributed by atoms with Crippen molar-refractivity contribution in [3.8, 4) is 17.1 Å². The van der Waals surface area contributed by atoms with E-state index < -0.39 is 17.6 Å². The topological polar surface area (TPSA) is 68.5 Å². The summed E-state index contributed by atoms with van der Waals surface area (Å²) in [6.07, 6.45) is -3.86. The molecule has 2 heterocycles. The Labute approximate surface area is 185 Å². The van der Waals surface area contributed by atoms with Gasteiger partial charge in [-0.25, -0.2) is 4.52 Å². The smallest absolute Gasteiger partial charge is 0.416 e. The third kappa shape index (κ3) is 4.45. The summed E-state index contributed by atoms with van der Waals surface area (Å²) in [6.45, 7) is 2.28. The molecule has 4 rings (SSSR count). The number of nitrogens with zero attached hydrogens (tertiary/aromatic N) is 3. The van der Waals surface area contributed by atoms with Crippen LogP contribution in [0, 0.1) is 6.92 Å². The fourth-order valence-electron chi connectivity index (χ4n) is 3.18. The van der Waals surface area contributed by atoms with E-state index in [1.807, 2.05) is 31.2 Å². The predicted molar refractivity (Wildman–Crippen MR) is 115 cm³/mol. The van der Waals surface area contributed by atoms with Crippen molar-refractivity contribution in [2.24, 2.45) is 0 Å². The number of rotatable bonds is 6. The monoisotopic (exact) mass is 460 g/mol. The quantitative estimate of drug-likeness (QED) is 0.450. The third-order valence-electron chi connectivity index (χ3n) is 4.97. The molecule has 0 radical (unpaired) electrons. The van der Waals surface area contributed by atoms with Gasteiger partial charge in [0.2, 0.25) is 4.96 Å². The molecule has 4 aromatic rings. The number of carbonyl (C=O) groups excluding carboxylic acids is 1. The van der Waals surface area contributed by atoms with Crippen LogP contribution < -0.4 is 10.1 Å². The molecule has 0 saturated carbocycles. The van der Waals surface area contributed by atoms with Crippen molar-refractivity contribution in [1.29, 1.82) is 0 Å². The van der Waals surface area contributed by atoms with Gasteiger partial charge in [0.15, 0.2) is 5.82 Å². The summed E-state index contributed by atoms with van der Waals surface area (Å²) in [6, 6.07) is 11.6. The summed E-state index contributed by atoms with van der Waals surface area (Å²) < 4.78 is 44.9. The third-order valence-corrected chi connectivity index (χ3v) is 6.17. The van der Waals surface area contributed by atoms with Crippen LogP contribution in [0.4, 0.5) is 13.2 Å². The number of nitrogens with one attached hydrogen (secondary N) is 1. The first-order valence-electron chi connectivity index (χ1n) is 9.71. The highest BCUT2D eigenvalue weighted by Gasteiger charge is 2.30. The van der Waals surface area contributed by atoms with Gasteiger partial charge in [-0.05, 0) is 55.5 Å². The van der Waals surface area contributed by atoms with E-state index in [0.717, 1.165) is 39.0 Å². The van der Waals surface area contributed by atoms with Crippen molar-refractivity contribution in [3.05, 3.63) is 70.2 Å². The molecule has 1 amide bonds. The number of benzene rings is 2. The van der Waals surface area contributed by atoms with Crippen LogP contribution in [0.3, 0.4) is 0 Å². The summed E-state index contributed by atoms with van der Waals surface area (Å²) >= 11 is 1.49. The number of thiazole rings is 1. The molecule has 0 fully saturated rings. The van der Waals surface area contributed by atoms with Crippen LogP contribution in [0.15, 0.2) is 48.5 Å². The molecule has 6 nitrogen and oxygen atoms in total. The Balaban J connectivity index is 1.39. The first-order valence-corrected chi connectivity index (χ1v) is 10.5. The van der Waals surface area contributed by atoms with Crippen molar-refractivity contribution in [2.45, 2.75) is 19.5 Å². The molecule has 2 aromatic carbocycles. The largest absolute Gasteiger partial charge is 0.497 e. The zero-order valence-electron chi connectivity index (χ0n) is 17.2. The van der Waals surface area contributed by atoms with Gasteiger partial charge >= 0.3 is 6.18 Å². The zero-order valence-corrected chi connectivity index (χ0v) is 18.0. The van der Waals surface area contributed by atoms with E-state index in [9.17, 15) is 18.0 Å². The molecule has 166 valence electrons. The summed E-state index contributed by atoms with van der Waals surface area (Å²) in [5.74, 6) is 0.952. The zero-order chi connectivity index (χ0) is 22.9. The van der Waals surface area contributed by atoms with Gasteiger partial charge in [0.25, 0.3) is 5.91 Å². The van der Waals surface area contributed by atoms with Crippen LogP contribution in [0.25, 0.3) is 16.3 Å². The second-order valence-electron chi connectivity index (χ2n) is 7.05. The fraction of sp³-hybridized carbons (Fsp3) is 0.227. The second kappa shape index (κ2) is 8.62. The number of hydrogen-bond acceptors (Lipinski definition) is 5. The molecule has 0 aliphatic carbocycles. The first kappa shape index (κ1) is 21.8. The highest BCUT2D eigenvalue weighted by atomic mass is 32.1. The predicted octanol–water partition coefficient (Wildman–Crippen LogP) is 4.77. The highest BCUT2D eigenvalue weighted by Crippen LogP contribution is 2.29. The standard InChI is InChI=1S/C22H19F3N4O2S/c1-13-18(11-12-26-20(30)15-3-7-16(8-4-15)22(23,24)25)32-21-27-19(28-29(13)21)14-5-9-17(31-2)10-6-14/h3-10H,11-12H2,1-2H3,(H,26,30). The number of halogens is 3. The lowest BCUT2D eigenvalue weighted by Crippen LogP contribution is -2.25. The molecule has 1 N–H and O–H groups in total. The van der Waals surface area contributed by atoms with Crippen LogP contribution in [0.2, 0.25) is 0 Å². The van der Waals surface area contributed by atoms with E-state index >= 15 is 0 Å². The summed E-state index contributed by atoms with van der Waals surface area (Å²) in [4.78, 5) is 18.6. The minimum Gasteiger partial charge on any atom is -0.497 e. The van der Waals surface area contributed by atoms with E-state index in [4.69, 9.17) is 4.74 Å². The van der Waals surface area contributed by atoms with E-state index in [1.165, 1.54) is 23.5 Å². The van der Waals surface area contributed by atoms with Crippen LogP contribution in [0.1, 0.15) is 26.5 Å². The molecular formula is C22H19F3N4O2S. The van der Waals surface area contributed by atoms with Crippen molar-refractivity contribution in [3.63, 3.8) is 0 Å². The Morgan fingerprint density at radius 2 is 1.81 bits per heavy atom. The van der Waals surface area contributed by atoms with Gasteiger partial charge in [-0.3, -0.25) is 4.79 Å². The maximum atomic E-state index is 12.6. The summed E-state index contributed by atoms with van der Waals surface area (Å²) in [5, 5.41) is 7.32. The van der Waals surface area contributed by atoms with Crippen molar-refractivity contribution in [1.82, 2.24) is 19.9 Å². The molecule has 0 aliphatic heterocycles. The van der Waals surface area contributed by atoms with E-state index in [0.29, 0.717) is 18.8 Å². The lowest BCUT2D eigenvalue weighted by atomic mass is 10.1. The number of carbonyl (C=O) groups is 1. The Kier molecular flexibility index (Phi) is 5.88. The molecule has 0 aliphatic rings. The molecular weight excluding hydrogens is 441 g/mol. The van der Waals surface area contributed by atoms with Crippen LogP contribution in [-0.2, 0) is 12.6 Å². The number of hydrogen-bond donors (Lipinski definition) is 1. The minimum atomic E-state index is -4.43. The van der Waals surface area contributed by atoms with E-state index in [-0.39, 0.29) is 5.56 Å². The molecule has 10 heteroatoms. The Hall–Kier alpha value is -3.40. The van der Waals surface area contributed by atoms with Crippen molar-refractivity contribution < 1.29 is 22.7 Å². The SMILES string of the molecule is COc1ccc(-c2nc3sc(CCNC(=O)c4ccc(C(F)(F)F)cc4)c(C)n3n2)cc1. The lowest BCUT2D eigenvalue weighted by molar-refractivity contribution is -0.137. The average molecular weight is 460 g/mol. The van der Waals surface area contributed by atoms with E-state index in [1.54, 1.807) is 11.6 Å². The number of methoxy groups -OCH3 is 1. The molecule has 0 spiro atoms. The fourth-order valence-corrected chi connectivity index (χ4v) is 4.24. The summed E-state index contributed by atoms with van der Waals surface area (Å²) in [7, 11) is 1.61. The number of aromatic nitrogens is 3. The van der Waals surface area contributed by atoms with Gasteiger partial charge in [-0.1, -0.05) is 11.3 Å². The molecule has 0 bridgehead atoms. The second-order valence-corrected chi connectivity index (χ2v) is 8.11. The molecule has 32 heavy (non-hydrogen) atoms. The maximum absolute atomic E-state index is 12.6. The van der Waals surface area contributed by atoms with Crippen LogP contribution >= 0.6 is 11.3 Å². The van der Waals surface area contributed by atoms with Gasteiger partial charge in [-0.2, -0.15) is 18.2 Å². The van der Waals surface area contributed by atoms with E-state index in [2.05, 4.69) is 15.4 Å². The number of aryl methyl sites for hydroxylation is 1. The molecule has 0 atom stereocenters. The van der Waals surface area contributed by atoms with Crippen LogP contribution in [0.5, 0.6) is 5.75 Å². The summed E-state index contributed by atoms with van der Waals surface area (Å²) in [5.41, 5.74) is 1.21. The number of alkyl halides is 3. The van der Waals surface area contributed by atoms with Gasteiger partial charge in [0.05, 0.1) is 18.4 Å². The van der Waals surface area contributed by atoms with Gasteiger partial charge in [-0.15, -0.1) is 5.10 Å². The number of fused-ring (bicyclic) bond motifs is 1. The van der Waals surface area contributed by atoms with Crippen molar-refractivity contribution in [2.75, 3.05) is 13.7 Å². The normalized spacial score (nSPS) is 11.7. The van der Waals surface area contributed by atoms with Crippen LogP contribution in [-0.4, -0.2) is 34.2 Å².